The van der Waals surface area contributed by atoms with Crippen molar-refractivity contribution in [1.29, 1.82) is 0 Å². The molecule has 0 atom stereocenters. The average Bonchev–Trinajstić information content (AvgIpc) is 2.28. The highest BCUT2D eigenvalue weighted by Crippen LogP contribution is 2.26. The molecular weight excluding hydrogens is 240 g/mol. The van der Waals surface area contributed by atoms with Crippen LogP contribution in [-0.4, -0.2) is 25.9 Å². The molecule has 5 nitrogen and oxygen atoms in total. The highest BCUT2D eigenvalue weighted by molar-refractivity contribution is 7.86. The number of hydrogen-bond acceptors (Lipinski definition) is 4. The van der Waals surface area contributed by atoms with Crippen LogP contribution in [-0.2, 0) is 10.1 Å². The highest BCUT2D eigenvalue weighted by atomic mass is 32.2. The van der Waals surface area contributed by atoms with E-state index >= 15 is 0 Å². The van der Waals surface area contributed by atoms with Crippen molar-refractivity contribution < 1.29 is 13.0 Å². The van der Waals surface area contributed by atoms with Crippen LogP contribution in [0.3, 0.4) is 0 Å². The molecule has 0 saturated carbocycles. The summed E-state index contributed by atoms with van der Waals surface area (Å²) in [4.78, 5) is 5.49. The van der Waals surface area contributed by atoms with E-state index in [1.54, 1.807) is 29.3 Å². The summed E-state index contributed by atoms with van der Waals surface area (Å²) in [6.45, 7) is 2.38. The number of benzene rings is 1. The first kappa shape index (κ1) is 11.8. The zero-order valence-electron chi connectivity index (χ0n) is 9.24. The summed E-state index contributed by atoms with van der Waals surface area (Å²) in [6.07, 6.45) is 4.97. The molecule has 0 unspecified atom stereocenters. The lowest BCUT2D eigenvalue weighted by Crippen LogP contribution is -2.25. The molecule has 1 N–H and O–H groups in total. The van der Waals surface area contributed by atoms with Crippen molar-refractivity contribution in [2.75, 3.05) is 11.4 Å². The lowest BCUT2D eigenvalue weighted by Gasteiger charge is -2.22. The maximum absolute atomic E-state index is 11.3. The summed E-state index contributed by atoms with van der Waals surface area (Å²) in [5.74, 6) is 0. The van der Waals surface area contributed by atoms with Crippen molar-refractivity contribution in [3.8, 4) is 0 Å². The van der Waals surface area contributed by atoms with E-state index < -0.39 is 10.1 Å². The molecule has 1 aliphatic rings. The van der Waals surface area contributed by atoms with Gasteiger partial charge in [-0.2, -0.15) is 8.42 Å². The summed E-state index contributed by atoms with van der Waals surface area (Å²) in [6, 6.07) is 4.74. The van der Waals surface area contributed by atoms with Crippen LogP contribution >= 0.6 is 0 Å². The summed E-state index contributed by atoms with van der Waals surface area (Å²) in [5.41, 5.74) is 1.34. The molecule has 1 heterocycles. The van der Waals surface area contributed by atoms with Crippen molar-refractivity contribution in [1.82, 2.24) is 0 Å². The van der Waals surface area contributed by atoms with Crippen molar-refractivity contribution in [3.05, 3.63) is 36.0 Å². The molecule has 6 heteroatoms. The summed E-state index contributed by atoms with van der Waals surface area (Å²) in [5, 5.41) is 0. The molecule has 0 bridgehead atoms. The first-order valence-corrected chi connectivity index (χ1v) is 6.45. The minimum absolute atomic E-state index is 0.107. The first-order valence-electron chi connectivity index (χ1n) is 5.01. The zero-order valence-corrected chi connectivity index (χ0v) is 10.1. The van der Waals surface area contributed by atoms with Crippen LogP contribution in [0.5, 0.6) is 0 Å². The topological polar surface area (TPSA) is 70.0 Å². The fraction of sp³-hybridized carbons (Fsp3) is 0.182. The molecule has 1 aromatic carbocycles. The maximum Gasteiger partial charge on any atom is 0.296 e. The molecule has 1 aromatic rings. The number of rotatable bonds is 2. The third-order valence-corrected chi connectivity index (χ3v) is 3.30. The Hall–Kier alpha value is -1.66. The summed E-state index contributed by atoms with van der Waals surface area (Å²) >= 11 is 0. The van der Waals surface area contributed by atoms with Crippen LogP contribution in [0.2, 0.25) is 0 Å². The van der Waals surface area contributed by atoms with Gasteiger partial charge in [0.05, 0.1) is 12.0 Å². The smallest absolute Gasteiger partial charge is 0.296 e. The zero-order chi connectivity index (χ0) is 12.5. The van der Waals surface area contributed by atoms with E-state index in [4.69, 9.17) is 0 Å². The third kappa shape index (κ3) is 2.54. The molecule has 0 aromatic heterocycles. The largest absolute Gasteiger partial charge is 0.327 e. The van der Waals surface area contributed by atoms with E-state index in [0.29, 0.717) is 12.2 Å². The maximum atomic E-state index is 11.3. The number of hydrogen-bond donors (Lipinski definition) is 1. The minimum Gasteiger partial charge on any atom is -0.327 e. The van der Waals surface area contributed by atoms with Gasteiger partial charge in [0.25, 0.3) is 10.1 Å². The van der Waals surface area contributed by atoms with E-state index in [1.165, 1.54) is 12.4 Å². The third-order valence-electron chi connectivity index (χ3n) is 2.40. The molecule has 0 saturated heterocycles. The molecule has 0 fully saturated rings. The fourth-order valence-electron chi connectivity index (χ4n) is 1.62. The lowest BCUT2D eigenvalue weighted by molar-refractivity contribution is 0.483. The minimum atomic E-state index is -4.23. The van der Waals surface area contributed by atoms with Crippen LogP contribution in [0.15, 0.2) is 40.4 Å². The van der Waals surface area contributed by atoms with Crippen LogP contribution < -0.4 is 4.90 Å². The quantitative estimate of drug-likeness (QED) is 0.812. The van der Waals surface area contributed by atoms with Crippen molar-refractivity contribution in [3.63, 3.8) is 0 Å². The molecule has 17 heavy (non-hydrogen) atoms. The van der Waals surface area contributed by atoms with E-state index in [-0.39, 0.29) is 4.90 Å². The number of nitrogens with zero attached hydrogens (tertiary/aromatic N) is 2. The van der Waals surface area contributed by atoms with Crippen LogP contribution in [0.25, 0.3) is 0 Å². The normalized spacial score (nSPS) is 15.3. The Labute approximate surface area is 99.8 Å². The second kappa shape index (κ2) is 4.31. The number of anilines is 1. The molecular formula is C11H12N2O3S. The Bertz CT molecular complexity index is 591. The molecule has 1 aliphatic heterocycles. The molecule has 90 valence electrons. The standard InChI is InChI=1S/C11H12N2O3S/c1-9-3-4-11(17(14,15)16)10(7-9)13-6-2-5-12-8-13/h2-5,7-8H,6H2,1H3,(H,14,15,16). The Balaban J connectivity index is 2.55. The fourth-order valence-corrected chi connectivity index (χ4v) is 2.30. The van der Waals surface area contributed by atoms with Crippen molar-refractivity contribution >= 4 is 22.1 Å². The Morgan fingerprint density at radius 3 is 2.76 bits per heavy atom. The Kier molecular flexibility index (Phi) is 2.99. The van der Waals surface area contributed by atoms with Gasteiger partial charge in [0, 0.05) is 12.7 Å². The van der Waals surface area contributed by atoms with Crippen LogP contribution in [0, 0.1) is 6.92 Å². The molecule has 0 amide bonds. The number of aryl methyl sites for hydroxylation is 1. The van der Waals surface area contributed by atoms with Gasteiger partial charge in [0.1, 0.15) is 4.90 Å². The van der Waals surface area contributed by atoms with Gasteiger partial charge in [-0.15, -0.1) is 0 Å². The van der Waals surface area contributed by atoms with Gasteiger partial charge in [0.2, 0.25) is 0 Å². The molecule has 0 aliphatic carbocycles. The van der Waals surface area contributed by atoms with Crippen LogP contribution in [0.4, 0.5) is 5.69 Å². The van der Waals surface area contributed by atoms with E-state index in [9.17, 15) is 13.0 Å². The van der Waals surface area contributed by atoms with E-state index in [1.807, 2.05) is 6.92 Å². The van der Waals surface area contributed by atoms with Gasteiger partial charge in [-0.1, -0.05) is 6.07 Å². The molecule has 0 radical (unpaired) electrons. The molecule has 0 spiro atoms. The van der Waals surface area contributed by atoms with Gasteiger partial charge < -0.3 is 4.90 Å². The van der Waals surface area contributed by atoms with Gasteiger partial charge >= 0.3 is 0 Å². The summed E-state index contributed by atoms with van der Waals surface area (Å²) < 4.78 is 31.7. The van der Waals surface area contributed by atoms with Gasteiger partial charge in [-0.05, 0) is 30.7 Å². The summed E-state index contributed by atoms with van der Waals surface area (Å²) in [7, 11) is -4.23. The highest BCUT2D eigenvalue weighted by Gasteiger charge is 2.19. The predicted octanol–water partition coefficient (Wildman–Crippen LogP) is 1.60. The predicted molar refractivity (Wildman–Crippen MR) is 66.0 cm³/mol. The second-order valence-corrected chi connectivity index (χ2v) is 5.14. The second-order valence-electron chi connectivity index (χ2n) is 3.75. The van der Waals surface area contributed by atoms with Crippen LogP contribution in [0.1, 0.15) is 5.56 Å². The number of aliphatic imine (C=N–C) groups is 1. The monoisotopic (exact) mass is 252 g/mol. The van der Waals surface area contributed by atoms with Crippen molar-refractivity contribution in [2.45, 2.75) is 11.8 Å². The first-order chi connectivity index (χ1) is 7.98. The van der Waals surface area contributed by atoms with Crippen molar-refractivity contribution in [2.24, 2.45) is 4.99 Å². The van der Waals surface area contributed by atoms with Gasteiger partial charge in [0.15, 0.2) is 0 Å². The lowest BCUT2D eigenvalue weighted by atomic mass is 10.2. The Morgan fingerprint density at radius 1 is 1.41 bits per heavy atom. The van der Waals surface area contributed by atoms with E-state index in [0.717, 1.165) is 5.56 Å². The van der Waals surface area contributed by atoms with Gasteiger partial charge in [-0.25, -0.2) is 4.99 Å². The van der Waals surface area contributed by atoms with E-state index in [2.05, 4.69) is 4.99 Å². The molecule has 2 rings (SSSR count). The SMILES string of the molecule is Cc1ccc(S(=O)(=O)O)c(N2C=NC=CC2)c1. The van der Waals surface area contributed by atoms with Gasteiger partial charge in [-0.3, -0.25) is 4.55 Å². The Morgan fingerprint density at radius 2 is 2.18 bits per heavy atom. The average molecular weight is 252 g/mol.